The van der Waals surface area contributed by atoms with E-state index in [1.54, 1.807) is 7.11 Å². The summed E-state index contributed by atoms with van der Waals surface area (Å²) in [7, 11) is 1.72. The van der Waals surface area contributed by atoms with Crippen molar-refractivity contribution in [1.29, 1.82) is 0 Å². The van der Waals surface area contributed by atoms with Gasteiger partial charge in [0.1, 0.15) is 0 Å². The van der Waals surface area contributed by atoms with E-state index in [2.05, 4.69) is 10.6 Å². The number of amides is 1. The van der Waals surface area contributed by atoms with Crippen molar-refractivity contribution in [3.63, 3.8) is 0 Å². The average Bonchev–Trinajstić information content (AvgIpc) is 2.90. The molecule has 0 aliphatic heterocycles. The lowest BCUT2D eigenvalue weighted by atomic mass is 9.89. The van der Waals surface area contributed by atoms with Crippen LogP contribution < -0.4 is 10.6 Å². The molecule has 0 aromatic carbocycles. The van der Waals surface area contributed by atoms with Crippen molar-refractivity contribution < 1.29 is 9.53 Å². The highest BCUT2D eigenvalue weighted by Gasteiger charge is 2.30. The molecule has 0 bridgehead atoms. The van der Waals surface area contributed by atoms with Crippen molar-refractivity contribution in [3.8, 4) is 0 Å². The van der Waals surface area contributed by atoms with Crippen LogP contribution in [0.2, 0.25) is 0 Å². The van der Waals surface area contributed by atoms with Crippen LogP contribution in [0.15, 0.2) is 0 Å². The van der Waals surface area contributed by atoms with Crippen molar-refractivity contribution in [2.45, 2.75) is 43.9 Å². The quantitative estimate of drug-likeness (QED) is 0.655. The smallest absolute Gasteiger partial charge is 0.234 e. The van der Waals surface area contributed by atoms with Gasteiger partial charge in [-0.05, 0) is 25.7 Å². The highest BCUT2D eigenvalue weighted by atomic mass is 16.5. The molecule has 0 heterocycles. The van der Waals surface area contributed by atoms with Gasteiger partial charge in [-0.15, -0.1) is 0 Å². The molecule has 0 saturated heterocycles. The van der Waals surface area contributed by atoms with Crippen LogP contribution in [-0.2, 0) is 9.53 Å². The molecule has 4 heteroatoms. The molecule has 2 rings (SSSR count). The number of carbonyl (C=O) groups excluding carboxylic acids is 1. The molecule has 2 saturated carbocycles. The first kappa shape index (κ1) is 9.93. The second-order valence-corrected chi connectivity index (χ2v) is 4.25. The van der Waals surface area contributed by atoms with E-state index in [1.807, 2.05) is 0 Å². The van der Waals surface area contributed by atoms with E-state index in [1.165, 1.54) is 12.8 Å². The number of hydrogen-bond acceptors (Lipinski definition) is 3. The Morgan fingerprint density at radius 1 is 1.36 bits per heavy atom. The predicted octanol–water partition coefficient (Wildman–Crippen LogP) is 0.0320. The largest absolute Gasteiger partial charge is 0.381 e. The van der Waals surface area contributed by atoms with Gasteiger partial charge in [-0.25, -0.2) is 0 Å². The molecule has 2 N–H and O–H groups in total. The monoisotopic (exact) mass is 198 g/mol. The molecule has 14 heavy (non-hydrogen) atoms. The molecule has 0 spiro atoms. The van der Waals surface area contributed by atoms with Crippen molar-refractivity contribution in [2.24, 2.45) is 0 Å². The normalized spacial score (nSPS) is 30.9. The number of rotatable bonds is 5. The van der Waals surface area contributed by atoms with Gasteiger partial charge >= 0.3 is 0 Å². The minimum Gasteiger partial charge on any atom is -0.381 e. The van der Waals surface area contributed by atoms with Gasteiger partial charge in [-0.2, -0.15) is 0 Å². The fourth-order valence-electron chi connectivity index (χ4n) is 1.68. The third-order valence-electron chi connectivity index (χ3n) is 2.92. The topological polar surface area (TPSA) is 50.4 Å². The first-order valence-electron chi connectivity index (χ1n) is 5.33. The van der Waals surface area contributed by atoms with Gasteiger partial charge in [0.15, 0.2) is 0 Å². The van der Waals surface area contributed by atoms with Crippen molar-refractivity contribution in [2.75, 3.05) is 13.7 Å². The zero-order chi connectivity index (χ0) is 9.97. The molecular formula is C10H18N2O2. The summed E-state index contributed by atoms with van der Waals surface area (Å²) < 4.78 is 5.14. The molecular weight excluding hydrogens is 180 g/mol. The fourth-order valence-corrected chi connectivity index (χ4v) is 1.68. The minimum absolute atomic E-state index is 0.122. The summed E-state index contributed by atoms with van der Waals surface area (Å²) in [5.41, 5.74) is 0. The molecule has 0 radical (unpaired) electrons. The lowest BCUT2D eigenvalue weighted by Gasteiger charge is -2.34. The summed E-state index contributed by atoms with van der Waals surface area (Å²) in [6.45, 7) is 0.471. The molecule has 80 valence electrons. The Bertz CT molecular complexity index is 210. The van der Waals surface area contributed by atoms with Crippen molar-refractivity contribution in [1.82, 2.24) is 10.6 Å². The summed E-state index contributed by atoms with van der Waals surface area (Å²) in [5, 5.41) is 6.17. The second kappa shape index (κ2) is 4.28. The van der Waals surface area contributed by atoms with Gasteiger partial charge in [-0.3, -0.25) is 4.79 Å². The maximum atomic E-state index is 11.4. The fraction of sp³-hybridized carbons (Fsp3) is 0.900. The molecule has 1 amide bonds. The van der Waals surface area contributed by atoms with Crippen LogP contribution in [0.3, 0.4) is 0 Å². The summed E-state index contributed by atoms with van der Waals surface area (Å²) in [6.07, 6.45) is 4.74. The summed E-state index contributed by atoms with van der Waals surface area (Å²) in [5.74, 6) is 0.122. The summed E-state index contributed by atoms with van der Waals surface area (Å²) >= 11 is 0. The maximum absolute atomic E-state index is 11.4. The van der Waals surface area contributed by atoms with Crippen LogP contribution >= 0.6 is 0 Å². The van der Waals surface area contributed by atoms with Gasteiger partial charge in [0.2, 0.25) is 5.91 Å². The van der Waals surface area contributed by atoms with Crippen molar-refractivity contribution in [3.05, 3.63) is 0 Å². The highest BCUT2D eigenvalue weighted by Crippen LogP contribution is 2.22. The van der Waals surface area contributed by atoms with Crippen LogP contribution in [0.5, 0.6) is 0 Å². The molecule has 2 aliphatic carbocycles. The Morgan fingerprint density at radius 3 is 2.64 bits per heavy atom. The number of methoxy groups -OCH3 is 1. The van der Waals surface area contributed by atoms with E-state index in [0.717, 1.165) is 12.8 Å². The maximum Gasteiger partial charge on any atom is 0.234 e. The van der Waals surface area contributed by atoms with Crippen LogP contribution in [0.4, 0.5) is 0 Å². The Kier molecular flexibility index (Phi) is 3.03. The molecule has 0 aromatic rings. The lowest BCUT2D eigenvalue weighted by Crippen LogP contribution is -2.49. The van der Waals surface area contributed by atoms with E-state index in [0.29, 0.717) is 24.7 Å². The average molecular weight is 198 g/mol. The number of hydrogen-bond donors (Lipinski definition) is 2. The Balaban J connectivity index is 1.54. The van der Waals surface area contributed by atoms with Gasteiger partial charge < -0.3 is 15.4 Å². The first-order chi connectivity index (χ1) is 6.78. The SMILES string of the molecule is COC1CC(NC(=O)CNC2CC2)C1. The van der Waals surface area contributed by atoms with Gasteiger partial charge in [0, 0.05) is 19.2 Å². The van der Waals surface area contributed by atoms with Gasteiger partial charge in [0.25, 0.3) is 0 Å². The number of nitrogens with one attached hydrogen (secondary N) is 2. The molecule has 0 aromatic heterocycles. The molecule has 2 fully saturated rings. The Labute approximate surface area is 84.4 Å². The molecule has 0 unspecified atom stereocenters. The van der Waals surface area contributed by atoms with Gasteiger partial charge in [-0.1, -0.05) is 0 Å². The van der Waals surface area contributed by atoms with E-state index in [-0.39, 0.29) is 5.91 Å². The predicted molar refractivity (Wildman–Crippen MR) is 53.0 cm³/mol. The Hall–Kier alpha value is -0.610. The zero-order valence-electron chi connectivity index (χ0n) is 8.58. The summed E-state index contributed by atoms with van der Waals surface area (Å²) in [4.78, 5) is 11.4. The molecule has 2 aliphatic rings. The molecule has 4 nitrogen and oxygen atoms in total. The van der Waals surface area contributed by atoms with E-state index in [4.69, 9.17) is 4.74 Å². The third kappa shape index (κ3) is 2.69. The first-order valence-corrected chi connectivity index (χ1v) is 5.33. The van der Waals surface area contributed by atoms with Crippen LogP contribution in [-0.4, -0.2) is 37.7 Å². The van der Waals surface area contributed by atoms with Crippen LogP contribution in [0.25, 0.3) is 0 Å². The van der Waals surface area contributed by atoms with E-state index < -0.39 is 0 Å². The zero-order valence-corrected chi connectivity index (χ0v) is 8.58. The highest BCUT2D eigenvalue weighted by molar-refractivity contribution is 5.78. The standard InChI is InChI=1S/C10H18N2O2/c1-14-9-4-8(5-9)12-10(13)6-11-7-2-3-7/h7-9,11H,2-6H2,1H3,(H,12,13). The minimum atomic E-state index is 0.122. The second-order valence-electron chi connectivity index (χ2n) is 4.25. The third-order valence-corrected chi connectivity index (χ3v) is 2.92. The van der Waals surface area contributed by atoms with E-state index in [9.17, 15) is 4.79 Å². The van der Waals surface area contributed by atoms with Crippen LogP contribution in [0, 0.1) is 0 Å². The van der Waals surface area contributed by atoms with Crippen LogP contribution in [0.1, 0.15) is 25.7 Å². The van der Waals surface area contributed by atoms with Gasteiger partial charge in [0.05, 0.1) is 12.6 Å². The van der Waals surface area contributed by atoms with E-state index >= 15 is 0 Å². The number of ether oxygens (including phenoxy) is 1. The van der Waals surface area contributed by atoms with Crippen molar-refractivity contribution >= 4 is 5.91 Å². The Morgan fingerprint density at radius 2 is 2.07 bits per heavy atom. The lowest BCUT2D eigenvalue weighted by molar-refractivity contribution is -0.122. The molecule has 0 atom stereocenters. The summed E-state index contributed by atoms with van der Waals surface area (Å²) in [6, 6.07) is 0.947. The number of carbonyl (C=O) groups is 1.